The number of benzene rings is 1. The fourth-order valence-corrected chi connectivity index (χ4v) is 3.65. The first-order valence-corrected chi connectivity index (χ1v) is 8.75. The van der Waals surface area contributed by atoms with E-state index in [9.17, 15) is 4.79 Å². The zero-order valence-corrected chi connectivity index (χ0v) is 14.3. The molecule has 1 saturated heterocycles. The molecule has 1 unspecified atom stereocenters. The van der Waals surface area contributed by atoms with Crippen LogP contribution in [0.2, 0.25) is 5.02 Å². The minimum absolute atomic E-state index is 0.360. The van der Waals surface area contributed by atoms with Gasteiger partial charge in [-0.1, -0.05) is 29.0 Å². The SMILES string of the molecule is CC1CCCCN1c1nnc(NC(=O)Nc2cccc(Cl)c2)s1. The van der Waals surface area contributed by atoms with Crippen molar-refractivity contribution in [2.45, 2.75) is 32.2 Å². The van der Waals surface area contributed by atoms with Crippen molar-refractivity contribution in [1.29, 1.82) is 0 Å². The monoisotopic (exact) mass is 351 g/mol. The van der Waals surface area contributed by atoms with Crippen LogP contribution in [0.5, 0.6) is 0 Å². The van der Waals surface area contributed by atoms with E-state index in [2.05, 4.69) is 32.7 Å². The molecule has 122 valence electrons. The molecule has 1 aliphatic heterocycles. The van der Waals surface area contributed by atoms with Gasteiger partial charge in [0.15, 0.2) is 0 Å². The van der Waals surface area contributed by atoms with Gasteiger partial charge >= 0.3 is 6.03 Å². The molecule has 0 saturated carbocycles. The lowest BCUT2D eigenvalue weighted by Crippen LogP contribution is -2.37. The highest BCUT2D eigenvalue weighted by Crippen LogP contribution is 2.29. The molecular weight excluding hydrogens is 334 g/mol. The molecule has 8 heteroatoms. The first-order valence-electron chi connectivity index (χ1n) is 7.55. The van der Waals surface area contributed by atoms with E-state index in [0.29, 0.717) is 21.9 Å². The van der Waals surface area contributed by atoms with Crippen LogP contribution in [0.1, 0.15) is 26.2 Å². The van der Waals surface area contributed by atoms with Gasteiger partial charge in [0.25, 0.3) is 0 Å². The van der Waals surface area contributed by atoms with E-state index in [1.807, 2.05) is 0 Å². The minimum atomic E-state index is -0.360. The Kier molecular flexibility index (Phi) is 4.97. The van der Waals surface area contributed by atoms with Crippen molar-refractivity contribution in [1.82, 2.24) is 10.2 Å². The smallest absolute Gasteiger partial charge is 0.325 e. The first kappa shape index (κ1) is 16.0. The van der Waals surface area contributed by atoms with Crippen LogP contribution in [0.4, 0.5) is 20.7 Å². The second-order valence-electron chi connectivity index (χ2n) is 5.52. The van der Waals surface area contributed by atoms with Gasteiger partial charge in [-0.3, -0.25) is 5.32 Å². The molecule has 2 aromatic rings. The summed E-state index contributed by atoms with van der Waals surface area (Å²) in [6, 6.07) is 7.08. The van der Waals surface area contributed by atoms with Gasteiger partial charge in [-0.15, -0.1) is 10.2 Å². The van der Waals surface area contributed by atoms with Gasteiger partial charge in [0.2, 0.25) is 10.3 Å². The third-order valence-corrected chi connectivity index (χ3v) is 4.88. The first-order chi connectivity index (χ1) is 11.1. The van der Waals surface area contributed by atoms with Crippen molar-refractivity contribution in [2.24, 2.45) is 0 Å². The van der Waals surface area contributed by atoms with E-state index >= 15 is 0 Å². The number of carbonyl (C=O) groups is 1. The number of hydrogen-bond donors (Lipinski definition) is 2. The van der Waals surface area contributed by atoms with E-state index < -0.39 is 0 Å². The molecule has 1 aliphatic rings. The van der Waals surface area contributed by atoms with E-state index in [1.165, 1.54) is 24.2 Å². The van der Waals surface area contributed by atoms with E-state index in [-0.39, 0.29) is 6.03 Å². The molecule has 1 fully saturated rings. The molecule has 2 heterocycles. The minimum Gasteiger partial charge on any atom is -0.344 e. The van der Waals surface area contributed by atoms with Crippen molar-refractivity contribution in [3.63, 3.8) is 0 Å². The highest BCUT2D eigenvalue weighted by atomic mass is 35.5. The molecule has 3 rings (SSSR count). The summed E-state index contributed by atoms with van der Waals surface area (Å²) in [4.78, 5) is 14.3. The number of carbonyl (C=O) groups excluding carboxylic acids is 1. The van der Waals surface area contributed by atoms with Gasteiger partial charge < -0.3 is 10.2 Å². The molecule has 1 aromatic carbocycles. The third kappa shape index (κ3) is 4.11. The van der Waals surface area contributed by atoms with Gasteiger partial charge in [0.1, 0.15) is 0 Å². The summed E-state index contributed by atoms with van der Waals surface area (Å²) in [6.45, 7) is 3.18. The van der Waals surface area contributed by atoms with Crippen LogP contribution < -0.4 is 15.5 Å². The summed E-state index contributed by atoms with van der Waals surface area (Å²) in [5.41, 5.74) is 0.629. The zero-order chi connectivity index (χ0) is 16.2. The highest BCUT2D eigenvalue weighted by Gasteiger charge is 2.22. The quantitative estimate of drug-likeness (QED) is 0.868. The number of urea groups is 1. The molecule has 2 N–H and O–H groups in total. The molecule has 1 aromatic heterocycles. The Morgan fingerprint density at radius 3 is 3.00 bits per heavy atom. The molecule has 23 heavy (non-hydrogen) atoms. The van der Waals surface area contributed by atoms with Gasteiger partial charge in [-0.25, -0.2) is 4.79 Å². The molecule has 0 radical (unpaired) electrons. The van der Waals surface area contributed by atoms with Crippen LogP contribution in [0, 0.1) is 0 Å². The lowest BCUT2D eigenvalue weighted by atomic mass is 10.1. The maximum Gasteiger partial charge on any atom is 0.325 e. The second kappa shape index (κ2) is 7.14. The number of nitrogens with zero attached hydrogens (tertiary/aromatic N) is 3. The normalized spacial score (nSPS) is 17.8. The van der Waals surface area contributed by atoms with Crippen molar-refractivity contribution in [3.05, 3.63) is 29.3 Å². The Morgan fingerprint density at radius 1 is 1.35 bits per heavy atom. The van der Waals surface area contributed by atoms with Gasteiger partial charge in [0.05, 0.1) is 0 Å². The number of hydrogen-bond acceptors (Lipinski definition) is 5. The molecule has 2 amide bonds. The maximum absolute atomic E-state index is 12.0. The van der Waals surface area contributed by atoms with Crippen LogP contribution in [-0.4, -0.2) is 28.8 Å². The molecule has 6 nitrogen and oxygen atoms in total. The van der Waals surface area contributed by atoms with Crippen molar-refractivity contribution >= 4 is 44.9 Å². The molecule has 0 aliphatic carbocycles. The average Bonchev–Trinajstić information content (AvgIpc) is 2.95. The van der Waals surface area contributed by atoms with Crippen molar-refractivity contribution < 1.29 is 4.79 Å². The number of halogens is 1. The fraction of sp³-hybridized carbons (Fsp3) is 0.400. The van der Waals surface area contributed by atoms with E-state index in [0.717, 1.165) is 18.1 Å². The maximum atomic E-state index is 12.0. The summed E-state index contributed by atoms with van der Waals surface area (Å²) in [6.07, 6.45) is 3.59. The summed E-state index contributed by atoms with van der Waals surface area (Å²) in [5, 5.41) is 15.6. The lowest BCUT2D eigenvalue weighted by molar-refractivity contribution is 0.262. The second-order valence-corrected chi connectivity index (χ2v) is 6.91. The van der Waals surface area contributed by atoms with E-state index in [4.69, 9.17) is 11.6 Å². The van der Waals surface area contributed by atoms with Crippen LogP contribution >= 0.6 is 22.9 Å². The van der Waals surface area contributed by atoms with Crippen LogP contribution in [0.3, 0.4) is 0 Å². The topological polar surface area (TPSA) is 70.2 Å². The Balaban J connectivity index is 1.61. The average molecular weight is 352 g/mol. The number of aromatic nitrogens is 2. The van der Waals surface area contributed by atoms with Gasteiger partial charge in [-0.2, -0.15) is 0 Å². The van der Waals surface area contributed by atoms with Gasteiger partial charge in [0, 0.05) is 23.3 Å². The van der Waals surface area contributed by atoms with E-state index in [1.54, 1.807) is 24.3 Å². The Hall–Kier alpha value is -1.86. The number of anilines is 3. The summed E-state index contributed by atoms with van der Waals surface area (Å²) in [5.74, 6) is 0. The van der Waals surface area contributed by atoms with Crippen molar-refractivity contribution in [2.75, 3.05) is 22.1 Å². The van der Waals surface area contributed by atoms with Crippen molar-refractivity contribution in [3.8, 4) is 0 Å². The summed E-state index contributed by atoms with van der Waals surface area (Å²) >= 11 is 7.28. The third-order valence-electron chi connectivity index (χ3n) is 3.77. The predicted molar refractivity (Wildman–Crippen MR) is 94.7 cm³/mol. The highest BCUT2D eigenvalue weighted by molar-refractivity contribution is 7.19. The van der Waals surface area contributed by atoms with Gasteiger partial charge in [-0.05, 0) is 44.4 Å². The summed E-state index contributed by atoms with van der Waals surface area (Å²) < 4.78 is 0. The zero-order valence-electron chi connectivity index (χ0n) is 12.8. The Morgan fingerprint density at radius 2 is 2.22 bits per heavy atom. The lowest BCUT2D eigenvalue weighted by Gasteiger charge is -2.32. The number of nitrogens with one attached hydrogen (secondary N) is 2. The number of piperidine rings is 1. The molecule has 0 bridgehead atoms. The molecule has 1 atom stereocenters. The van der Waals surface area contributed by atoms with Crippen LogP contribution in [0.15, 0.2) is 24.3 Å². The standard InChI is InChI=1S/C15H18ClN5OS/c1-10-5-2-3-8-21(10)15-20-19-14(23-15)18-13(22)17-12-7-4-6-11(16)9-12/h4,6-7,9-10H,2-3,5,8H2,1H3,(H2,17,18,19,22). The summed E-state index contributed by atoms with van der Waals surface area (Å²) in [7, 11) is 0. The Labute approximate surface area is 143 Å². The van der Waals surface area contributed by atoms with Crippen LogP contribution in [0.25, 0.3) is 0 Å². The Bertz CT molecular complexity index is 692. The fourth-order valence-electron chi connectivity index (χ4n) is 2.59. The number of amides is 2. The predicted octanol–water partition coefficient (Wildman–Crippen LogP) is 4.21. The molecule has 0 spiro atoms. The molecular formula is C15H18ClN5OS. The van der Waals surface area contributed by atoms with Crippen LogP contribution in [-0.2, 0) is 0 Å². The largest absolute Gasteiger partial charge is 0.344 e. The number of rotatable bonds is 3.